The summed E-state index contributed by atoms with van der Waals surface area (Å²) in [4.78, 5) is 12.1. The second-order valence-electron chi connectivity index (χ2n) is 4.27. The molecule has 3 N–H and O–H groups in total. The average Bonchev–Trinajstić information content (AvgIpc) is 2.92. The van der Waals surface area contributed by atoms with Crippen molar-refractivity contribution in [3.05, 3.63) is 24.3 Å². The molecule has 1 heterocycles. The van der Waals surface area contributed by atoms with Crippen LogP contribution in [0.2, 0.25) is 0 Å². The van der Waals surface area contributed by atoms with Crippen molar-refractivity contribution in [3.63, 3.8) is 0 Å². The van der Waals surface area contributed by atoms with E-state index in [4.69, 9.17) is 27.4 Å². The number of nitrogens with two attached hydrogens (primary N) is 1. The number of amides is 1. The second-order valence-corrected chi connectivity index (χ2v) is 4.79. The van der Waals surface area contributed by atoms with Crippen LogP contribution in [-0.4, -0.2) is 30.2 Å². The largest absolute Gasteiger partial charge is 0.487 e. The Kier molecular flexibility index (Phi) is 4.70. The highest BCUT2D eigenvalue weighted by molar-refractivity contribution is 7.80. The lowest BCUT2D eigenvalue weighted by Crippen LogP contribution is -2.26. The summed E-state index contributed by atoms with van der Waals surface area (Å²) >= 11 is 4.72. The number of thiocarbonyl (C=S) groups is 1. The van der Waals surface area contributed by atoms with Crippen LogP contribution in [-0.2, 0) is 9.53 Å². The predicted octanol–water partition coefficient (Wildman–Crippen LogP) is 1.47. The lowest BCUT2D eigenvalue weighted by molar-refractivity contribution is -0.124. The molecule has 0 radical (unpaired) electrons. The van der Waals surface area contributed by atoms with Gasteiger partial charge in [-0.15, -0.1) is 0 Å². The maximum Gasteiger partial charge on any atom is 0.253 e. The van der Waals surface area contributed by atoms with E-state index < -0.39 is 0 Å². The molecule has 0 aliphatic carbocycles. The summed E-state index contributed by atoms with van der Waals surface area (Å²) in [7, 11) is 0. The molecule has 1 atom stereocenters. The summed E-state index contributed by atoms with van der Waals surface area (Å²) in [5.74, 6) is 0.553. The summed E-state index contributed by atoms with van der Waals surface area (Å²) in [6.45, 7) is 0.862. The zero-order chi connectivity index (χ0) is 13.7. The van der Waals surface area contributed by atoms with Crippen LogP contribution in [0.1, 0.15) is 12.8 Å². The highest BCUT2D eigenvalue weighted by Gasteiger charge is 2.23. The van der Waals surface area contributed by atoms with Gasteiger partial charge in [-0.25, -0.2) is 0 Å². The monoisotopic (exact) mass is 280 g/mol. The number of carbonyl (C=O) groups excluding carboxylic acids is 1. The van der Waals surface area contributed by atoms with Crippen LogP contribution in [0.4, 0.5) is 5.69 Å². The molecule has 19 heavy (non-hydrogen) atoms. The van der Waals surface area contributed by atoms with Gasteiger partial charge in [0, 0.05) is 12.3 Å². The van der Waals surface area contributed by atoms with Gasteiger partial charge in [-0.2, -0.15) is 0 Å². The second kappa shape index (κ2) is 6.49. The number of rotatable bonds is 5. The number of carbonyl (C=O) groups is 1. The van der Waals surface area contributed by atoms with Crippen LogP contribution in [0.25, 0.3) is 0 Å². The van der Waals surface area contributed by atoms with E-state index in [0.717, 1.165) is 12.8 Å². The fourth-order valence-corrected chi connectivity index (χ4v) is 1.86. The first-order chi connectivity index (χ1) is 9.15. The molecule has 1 fully saturated rings. The third-order valence-electron chi connectivity index (χ3n) is 2.73. The Morgan fingerprint density at radius 3 is 2.79 bits per heavy atom. The third kappa shape index (κ3) is 4.18. The molecule has 0 bridgehead atoms. The lowest BCUT2D eigenvalue weighted by Gasteiger charge is -2.11. The first kappa shape index (κ1) is 13.8. The normalized spacial score (nSPS) is 18.0. The van der Waals surface area contributed by atoms with Crippen molar-refractivity contribution < 1.29 is 14.3 Å². The summed E-state index contributed by atoms with van der Waals surface area (Å²) in [5, 5.41) is 2.81. The van der Waals surface area contributed by atoms with Crippen molar-refractivity contribution >= 4 is 28.8 Å². The molecule has 1 saturated heterocycles. The molecule has 0 aromatic heterocycles. The molecule has 0 spiro atoms. The standard InChI is InChI=1S/C13H16N2O3S/c14-12(19)8-18-10-5-3-9(4-6-10)15-13(16)11-2-1-7-17-11/h3-6,11H,1-2,7-8H2,(H2,14,19)(H,15,16). The minimum absolute atomic E-state index is 0.102. The third-order valence-corrected chi connectivity index (χ3v) is 2.84. The lowest BCUT2D eigenvalue weighted by atomic mass is 10.2. The van der Waals surface area contributed by atoms with Crippen LogP contribution < -0.4 is 15.8 Å². The van der Waals surface area contributed by atoms with Crippen molar-refractivity contribution in [2.24, 2.45) is 5.73 Å². The van der Waals surface area contributed by atoms with Gasteiger partial charge in [-0.05, 0) is 37.1 Å². The molecule has 1 aromatic carbocycles. The van der Waals surface area contributed by atoms with Crippen LogP contribution in [0, 0.1) is 0 Å². The predicted molar refractivity (Wildman–Crippen MR) is 76.3 cm³/mol. The molecule has 102 valence electrons. The van der Waals surface area contributed by atoms with Gasteiger partial charge in [0.2, 0.25) is 0 Å². The minimum Gasteiger partial charge on any atom is -0.487 e. The average molecular weight is 280 g/mol. The van der Waals surface area contributed by atoms with Crippen LogP contribution in [0.3, 0.4) is 0 Å². The smallest absolute Gasteiger partial charge is 0.253 e. The highest BCUT2D eigenvalue weighted by Crippen LogP contribution is 2.18. The van der Waals surface area contributed by atoms with Crippen LogP contribution in [0.15, 0.2) is 24.3 Å². The maximum atomic E-state index is 11.8. The van der Waals surface area contributed by atoms with Gasteiger partial charge in [0.25, 0.3) is 5.91 Å². The molecule has 2 rings (SSSR count). The SMILES string of the molecule is NC(=S)COc1ccc(NC(=O)C2CCCO2)cc1. The molecule has 6 heteroatoms. The van der Waals surface area contributed by atoms with E-state index in [1.165, 1.54) is 0 Å². The Hall–Kier alpha value is -1.66. The Labute approximate surface area is 117 Å². The molecule has 1 aromatic rings. The number of anilines is 1. The fraction of sp³-hybridized carbons (Fsp3) is 0.385. The van der Waals surface area contributed by atoms with Gasteiger partial charge in [-0.1, -0.05) is 12.2 Å². The van der Waals surface area contributed by atoms with Crippen molar-refractivity contribution in [2.75, 3.05) is 18.5 Å². The zero-order valence-corrected chi connectivity index (χ0v) is 11.2. The fourth-order valence-electron chi connectivity index (χ4n) is 1.80. The van der Waals surface area contributed by atoms with Crippen LogP contribution >= 0.6 is 12.2 Å². The number of ether oxygens (including phenoxy) is 2. The van der Waals surface area contributed by atoms with E-state index in [1.807, 2.05) is 0 Å². The number of hydrogen-bond donors (Lipinski definition) is 2. The Balaban J connectivity index is 1.87. The highest BCUT2D eigenvalue weighted by atomic mass is 32.1. The van der Waals surface area contributed by atoms with E-state index in [2.05, 4.69) is 5.32 Å². The van der Waals surface area contributed by atoms with Crippen molar-refractivity contribution in [1.29, 1.82) is 0 Å². The molecular formula is C13H16N2O3S. The van der Waals surface area contributed by atoms with E-state index in [0.29, 0.717) is 23.0 Å². The first-order valence-electron chi connectivity index (χ1n) is 6.09. The van der Waals surface area contributed by atoms with Gasteiger partial charge >= 0.3 is 0 Å². The van der Waals surface area contributed by atoms with Gasteiger partial charge in [0.1, 0.15) is 23.4 Å². The quantitative estimate of drug-likeness (QED) is 0.799. The molecule has 0 saturated carbocycles. The molecular weight excluding hydrogens is 264 g/mol. The van der Waals surface area contributed by atoms with Crippen molar-refractivity contribution in [1.82, 2.24) is 0 Å². The van der Waals surface area contributed by atoms with E-state index in [9.17, 15) is 4.79 Å². The number of nitrogens with one attached hydrogen (secondary N) is 1. The Bertz CT molecular complexity index is 455. The summed E-state index contributed by atoms with van der Waals surface area (Å²) in [6, 6.07) is 7.04. The summed E-state index contributed by atoms with van der Waals surface area (Å²) in [5.41, 5.74) is 6.05. The topological polar surface area (TPSA) is 73.6 Å². The van der Waals surface area contributed by atoms with E-state index >= 15 is 0 Å². The molecule has 1 aliphatic rings. The summed E-state index contributed by atoms with van der Waals surface area (Å²) < 4.78 is 10.6. The summed E-state index contributed by atoms with van der Waals surface area (Å²) in [6.07, 6.45) is 1.38. The van der Waals surface area contributed by atoms with E-state index in [-0.39, 0.29) is 18.6 Å². The number of benzene rings is 1. The molecule has 5 nitrogen and oxygen atoms in total. The van der Waals surface area contributed by atoms with Gasteiger partial charge in [0.15, 0.2) is 0 Å². The van der Waals surface area contributed by atoms with Crippen molar-refractivity contribution in [3.8, 4) is 5.75 Å². The maximum absolute atomic E-state index is 11.8. The first-order valence-corrected chi connectivity index (χ1v) is 6.49. The van der Waals surface area contributed by atoms with Gasteiger partial charge in [0.05, 0.1) is 0 Å². The zero-order valence-electron chi connectivity index (χ0n) is 10.4. The van der Waals surface area contributed by atoms with Crippen LogP contribution in [0.5, 0.6) is 5.75 Å². The molecule has 1 aliphatic heterocycles. The Morgan fingerprint density at radius 1 is 1.47 bits per heavy atom. The molecule has 1 unspecified atom stereocenters. The van der Waals surface area contributed by atoms with Gasteiger partial charge < -0.3 is 20.5 Å². The number of hydrogen-bond acceptors (Lipinski definition) is 4. The van der Waals surface area contributed by atoms with Gasteiger partial charge in [-0.3, -0.25) is 4.79 Å². The van der Waals surface area contributed by atoms with Crippen molar-refractivity contribution in [2.45, 2.75) is 18.9 Å². The Morgan fingerprint density at radius 2 is 2.21 bits per heavy atom. The molecule has 1 amide bonds. The van der Waals surface area contributed by atoms with E-state index in [1.54, 1.807) is 24.3 Å². The minimum atomic E-state index is -0.328.